The van der Waals surface area contributed by atoms with Crippen LogP contribution in [-0.4, -0.2) is 34.9 Å². The minimum atomic E-state index is -0.883. The number of H-pyrrole nitrogens is 1. The van der Waals surface area contributed by atoms with Gasteiger partial charge in [0.05, 0.1) is 4.90 Å². The second-order valence-corrected chi connectivity index (χ2v) is 5.86. The minimum absolute atomic E-state index is 0.292. The van der Waals surface area contributed by atoms with E-state index in [1.54, 1.807) is 6.07 Å². The number of fused-ring (bicyclic) bond motifs is 1. The Morgan fingerprint density at radius 1 is 1.62 bits per heavy atom. The van der Waals surface area contributed by atoms with Gasteiger partial charge in [0.1, 0.15) is 11.5 Å². The van der Waals surface area contributed by atoms with Gasteiger partial charge in [-0.25, -0.2) is 4.79 Å². The number of hydrogen-bond acceptors (Lipinski definition) is 3. The highest BCUT2D eigenvalue weighted by Gasteiger charge is 2.36. The molecule has 0 amide bonds. The van der Waals surface area contributed by atoms with Crippen LogP contribution in [0.1, 0.15) is 23.3 Å². The van der Waals surface area contributed by atoms with Crippen LogP contribution >= 0.6 is 11.8 Å². The van der Waals surface area contributed by atoms with E-state index in [2.05, 4.69) is 9.88 Å². The summed E-state index contributed by atoms with van der Waals surface area (Å²) in [6, 6.07) is 1.76. The van der Waals surface area contributed by atoms with Gasteiger partial charge in [0.15, 0.2) is 0 Å². The van der Waals surface area contributed by atoms with Crippen molar-refractivity contribution in [3.05, 3.63) is 11.8 Å². The van der Waals surface area contributed by atoms with Gasteiger partial charge in [-0.05, 0) is 24.8 Å². The summed E-state index contributed by atoms with van der Waals surface area (Å²) in [5.74, 6) is 0.912. The molecular weight excluding hydrogens is 224 g/mol. The summed E-state index contributed by atoms with van der Waals surface area (Å²) < 4.78 is 0. The number of nitrogens with zero attached hydrogens (tertiary/aromatic N) is 1. The van der Waals surface area contributed by atoms with E-state index in [-0.39, 0.29) is 0 Å². The Hall–Kier alpha value is -1.10. The molecule has 0 bridgehead atoms. The first kappa shape index (κ1) is 10.1. The maximum absolute atomic E-state index is 10.9. The molecule has 5 heteroatoms. The lowest BCUT2D eigenvalue weighted by Crippen LogP contribution is -2.32. The molecule has 0 saturated heterocycles. The molecule has 86 valence electrons. The molecule has 0 radical (unpaired) electrons. The van der Waals surface area contributed by atoms with Crippen molar-refractivity contribution < 1.29 is 9.90 Å². The Kier molecular flexibility index (Phi) is 2.17. The monoisotopic (exact) mass is 238 g/mol. The zero-order valence-corrected chi connectivity index (χ0v) is 9.88. The van der Waals surface area contributed by atoms with Crippen LogP contribution in [0.4, 0.5) is 5.82 Å². The largest absolute Gasteiger partial charge is 0.477 e. The first-order valence-electron chi connectivity index (χ1n) is 5.49. The molecule has 1 atom stereocenters. The molecule has 4 nitrogen and oxygen atoms in total. The third-order valence-corrected chi connectivity index (χ3v) is 4.66. The molecule has 2 heterocycles. The molecule has 1 aliphatic heterocycles. The Balaban J connectivity index is 1.91. The van der Waals surface area contributed by atoms with Gasteiger partial charge in [-0.3, -0.25) is 0 Å². The molecule has 1 fully saturated rings. The number of aromatic amines is 1. The van der Waals surface area contributed by atoms with Crippen molar-refractivity contribution in [2.24, 2.45) is 5.92 Å². The predicted octanol–water partition coefficient (Wildman–Crippen LogP) is 2.03. The molecule has 0 aromatic carbocycles. The Bertz CT molecular complexity index is 439. The van der Waals surface area contributed by atoms with Gasteiger partial charge in [-0.1, -0.05) is 0 Å². The van der Waals surface area contributed by atoms with E-state index in [0.29, 0.717) is 10.9 Å². The molecule has 3 rings (SSSR count). The van der Waals surface area contributed by atoms with Gasteiger partial charge in [-0.2, -0.15) is 0 Å². The number of thioether (sulfide) groups is 1. The van der Waals surface area contributed by atoms with E-state index in [1.807, 2.05) is 18.8 Å². The number of anilines is 1. The summed E-state index contributed by atoms with van der Waals surface area (Å²) in [5, 5.41) is 9.58. The highest BCUT2D eigenvalue weighted by Crippen LogP contribution is 2.47. The fourth-order valence-electron chi connectivity index (χ4n) is 2.19. The zero-order chi connectivity index (χ0) is 11.3. The maximum atomic E-state index is 10.9. The number of carbonyl (C=O) groups is 1. The average molecular weight is 238 g/mol. The van der Waals surface area contributed by atoms with Gasteiger partial charge in [-0.15, -0.1) is 11.8 Å². The molecule has 0 spiro atoms. The fourth-order valence-corrected chi connectivity index (χ4v) is 3.78. The van der Waals surface area contributed by atoms with Crippen LogP contribution in [0.15, 0.2) is 11.0 Å². The standard InChI is InChI=1S/C11H14N2O2S/c1-13-5-9(6-2-3-6)16-8-4-7(11(14)15)12-10(8)13/h4,6,9,12H,2-3,5H2,1H3,(H,14,15). The first-order valence-corrected chi connectivity index (χ1v) is 6.37. The van der Waals surface area contributed by atoms with E-state index in [9.17, 15) is 4.79 Å². The van der Waals surface area contributed by atoms with Crippen molar-refractivity contribution in [1.82, 2.24) is 4.98 Å². The first-order chi connectivity index (χ1) is 7.65. The van der Waals surface area contributed by atoms with Crippen LogP contribution in [0.2, 0.25) is 0 Å². The fraction of sp³-hybridized carbons (Fsp3) is 0.545. The maximum Gasteiger partial charge on any atom is 0.352 e. The summed E-state index contributed by atoms with van der Waals surface area (Å²) in [4.78, 5) is 17.1. The Labute approximate surface area is 98.0 Å². The van der Waals surface area contributed by atoms with Crippen LogP contribution in [0.5, 0.6) is 0 Å². The number of hydrogen-bond donors (Lipinski definition) is 2. The van der Waals surface area contributed by atoms with Crippen molar-refractivity contribution in [3.8, 4) is 0 Å². The van der Waals surface area contributed by atoms with Crippen LogP contribution in [0.3, 0.4) is 0 Å². The second-order valence-electron chi connectivity index (χ2n) is 4.58. The lowest BCUT2D eigenvalue weighted by atomic mass is 10.2. The van der Waals surface area contributed by atoms with Crippen LogP contribution in [-0.2, 0) is 0 Å². The molecule has 16 heavy (non-hydrogen) atoms. The van der Waals surface area contributed by atoms with Gasteiger partial charge in [0, 0.05) is 18.8 Å². The predicted molar refractivity (Wildman–Crippen MR) is 63.4 cm³/mol. The molecule has 1 unspecified atom stereocenters. The number of nitrogens with one attached hydrogen (secondary N) is 1. The lowest BCUT2D eigenvalue weighted by molar-refractivity contribution is 0.0691. The SMILES string of the molecule is CN1CC(C2CC2)Sc2cc(C(=O)O)[nH]c21. The lowest BCUT2D eigenvalue weighted by Gasteiger charge is -2.30. The summed E-state index contributed by atoms with van der Waals surface area (Å²) >= 11 is 1.83. The third kappa shape index (κ3) is 1.59. The summed E-state index contributed by atoms with van der Waals surface area (Å²) in [7, 11) is 2.02. The van der Waals surface area contributed by atoms with Crippen molar-refractivity contribution in [1.29, 1.82) is 0 Å². The Morgan fingerprint density at radius 3 is 3.00 bits per heavy atom. The quantitative estimate of drug-likeness (QED) is 0.827. The van der Waals surface area contributed by atoms with Gasteiger partial charge in [0.25, 0.3) is 0 Å². The van der Waals surface area contributed by atoms with E-state index < -0.39 is 5.97 Å². The number of carboxylic acids is 1. The average Bonchev–Trinajstić information content (AvgIpc) is 2.97. The number of aromatic carboxylic acids is 1. The zero-order valence-electron chi connectivity index (χ0n) is 9.06. The van der Waals surface area contributed by atoms with Crippen LogP contribution < -0.4 is 4.90 Å². The molecule has 1 aliphatic carbocycles. The topological polar surface area (TPSA) is 56.3 Å². The van der Waals surface area contributed by atoms with E-state index in [4.69, 9.17) is 5.11 Å². The van der Waals surface area contributed by atoms with E-state index in [1.165, 1.54) is 12.8 Å². The molecular formula is C11H14N2O2S. The van der Waals surface area contributed by atoms with Crippen molar-refractivity contribution >= 4 is 23.5 Å². The molecule has 1 aromatic heterocycles. The molecule has 2 aliphatic rings. The highest BCUT2D eigenvalue weighted by atomic mass is 32.2. The number of aromatic nitrogens is 1. The van der Waals surface area contributed by atoms with Crippen LogP contribution in [0.25, 0.3) is 0 Å². The van der Waals surface area contributed by atoms with E-state index in [0.717, 1.165) is 23.2 Å². The second kappa shape index (κ2) is 3.45. The minimum Gasteiger partial charge on any atom is -0.477 e. The summed E-state index contributed by atoms with van der Waals surface area (Å²) in [6.45, 7) is 1.02. The van der Waals surface area contributed by atoms with Gasteiger partial charge < -0.3 is 15.0 Å². The molecule has 1 saturated carbocycles. The third-order valence-electron chi connectivity index (χ3n) is 3.25. The number of rotatable bonds is 2. The highest BCUT2D eigenvalue weighted by molar-refractivity contribution is 8.00. The summed E-state index contributed by atoms with van der Waals surface area (Å²) in [5.41, 5.74) is 0.292. The molecule has 1 aromatic rings. The van der Waals surface area contributed by atoms with Gasteiger partial charge >= 0.3 is 5.97 Å². The van der Waals surface area contributed by atoms with Gasteiger partial charge in [0.2, 0.25) is 0 Å². The molecule has 2 N–H and O–H groups in total. The van der Waals surface area contributed by atoms with Crippen molar-refractivity contribution in [2.75, 3.05) is 18.5 Å². The van der Waals surface area contributed by atoms with Crippen molar-refractivity contribution in [2.45, 2.75) is 23.0 Å². The normalized spacial score (nSPS) is 24.3. The number of carboxylic acid groups (broad SMARTS) is 1. The van der Waals surface area contributed by atoms with E-state index >= 15 is 0 Å². The smallest absolute Gasteiger partial charge is 0.352 e. The van der Waals surface area contributed by atoms with Crippen LogP contribution in [0, 0.1) is 5.92 Å². The Morgan fingerprint density at radius 2 is 2.38 bits per heavy atom. The summed E-state index contributed by atoms with van der Waals surface area (Å²) in [6.07, 6.45) is 2.66. The van der Waals surface area contributed by atoms with Crippen molar-refractivity contribution in [3.63, 3.8) is 0 Å².